The Balaban J connectivity index is 2.25. The summed E-state index contributed by atoms with van der Waals surface area (Å²) < 4.78 is 24.5. The molecule has 1 saturated carbocycles. The van der Waals surface area contributed by atoms with Crippen molar-refractivity contribution >= 4 is 16.6 Å². The molecule has 0 amide bonds. The maximum atomic E-state index is 11.4. The van der Waals surface area contributed by atoms with Gasteiger partial charge < -0.3 is 0 Å². The van der Waals surface area contributed by atoms with Gasteiger partial charge in [0.1, 0.15) is 0 Å². The van der Waals surface area contributed by atoms with E-state index in [9.17, 15) is 8.42 Å². The standard InChI is InChI=1S/C13H19NO2S/c1-11-7-9-13(10-8-11)14(17(15)16)12-5-3-2-4-6-12/h7-10,12,17H,2-6H2,1H3. The van der Waals surface area contributed by atoms with Gasteiger partial charge in [0.05, 0.1) is 5.69 Å². The van der Waals surface area contributed by atoms with Gasteiger partial charge in [0, 0.05) is 6.04 Å². The van der Waals surface area contributed by atoms with Crippen LogP contribution in [-0.2, 0) is 10.9 Å². The number of thiol groups is 1. The Labute approximate surface area is 105 Å². The molecule has 1 aliphatic carbocycles. The van der Waals surface area contributed by atoms with Crippen molar-refractivity contribution in [1.29, 1.82) is 0 Å². The van der Waals surface area contributed by atoms with Crippen molar-refractivity contribution in [3.8, 4) is 0 Å². The number of anilines is 1. The van der Waals surface area contributed by atoms with E-state index in [0.717, 1.165) is 36.9 Å². The van der Waals surface area contributed by atoms with Crippen LogP contribution in [-0.4, -0.2) is 14.5 Å². The Morgan fingerprint density at radius 1 is 1.06 bits per heavy atom. The summed E-state index contributed by atoms with van der Waals surface area (Å²) in [6.45, 7) is 2.01. The normalized spacial score (nSPS) is 17.3. The Kier molecular flexibility index (Phi) is 4.05. The Bertz CT molecular complexity index is 425. The van der Waals surface area contributed by atoms with E-state index < -0.39 is 10.9 Å². The van der Waals surface area contributed by atoms with Crippen LogP contribution in [0.15, 0.2) is 24.3 Å². The lowest BCUT2D eigenvalue weighted by Gasteiger charge is -2.31. The molecule has 4 heteroatoms. The fraction of sp³-hybridized carbons (Fsp3) is 0.538. The summed E-state index contributed by atoms with van der Waals surface area (Å²) in [5.41, 5.74) is 1.96. The van der Waals surface area contributed by atoms with Crippen LogP contribution in [0.4, 0.5) is 5.69 Å². The van der Waals surface area contributed by atoms with Crippen molar-refractivity contribution in [1.82, 2.24) is 0 Å². The van der Waals surface area contributed by atoms with E-state index in [1.54, 1.807) is 4.31 Å². The SMILES string of the molecule is Cc1ccc(N(C2CCCCC2)[SH](=O)=O)cc1. The Hall–Kier alpha value is -1.03. The average Bonchev–Trinajstić information content (AvgIpc) is 2.33. The van der Waals surface area contributed by atoms with Crippen LogP contribution in [0.25, 0.3) is 0 Å². The Morgan fingerprint density at radius 3 is 2.18 bits per heavy atom. The number of benzene rings is 1. The molecule has 3 nitrogen and oxygen atoms in total. The third-order valence-electron chi connectivity index (χ3n) is 3.40. The number of nitrogens with zero attached hydrogens (tertiary/aromatic N) is 1. The number of hydrogen-bond donors (Lipinski definition) is 1. The smallest absolute Gasteiger partial charge is 0.225 e. The molecule has 0 atom stereocenters. The van der Waals surface area contributed by atoms with Gasteiger partial charge >= 0.3 is 0 Å². The quantitative estimate of drug-likeness (QED) is 0.841. The first-order valence-corrected chi connectivity index (χ1v) is 7.32. The minimum Gasteiger partial charge on any atom is -0.269 e. The van der Waals surface area contributed by atoms with E-state index in [0.29, 0.717) is 0 Å². The van der Waals surface area contributed by atoms with Crippen molar-refractivity contribution in [3.05, 3.63) is 29.8 Å². The summed E-state index contributed by atoms with van der Waals surface area (Å²) in [5, 5.41) is 0. The summed E-state index contributed by atoms with van der Waals surface area (Å²) in [6.07, 6.45) is 5.47. The highest BCUT2D eigenvalue weighted by Crippen LogP contribution is 2.27. The van der Waals surface area contributed by atoms with Gasteiger partial charge in [-0.15, -0.1) is 0 Å². The Morgan fingerprint density at radius 2 is 1.65 bits per heavy atom. The molecule has 0 radical (unpaired) electrons. The molecule has 1 aliphatic rings. The molecule has 2 rings (SSSR count). The highest BCUT2D eigenvalue weighted by molar-refractivity contribution is 7.74. The second-order valence-electron chi connectivity index (χ2n) is 4.71. The zero-order valence-corrected chi connectivity index (χ0v) is 11.0. The lowest BCUT2D eigenvalue weighted by atomic mass is 9.95. The molecule has 1 fully saturated rings. The molecule has 0 aromatic heterocycles. The summed E-state index contributed by atoms with van der Waals surface area (Å²) in [5.74, 6) is 0. The van der Waals surface area contributed by atoms with E-state index in [2.05, 4.69) is 0 Å². The third kappa shape index (κ3) is 3.00. The molecule has 0 bridgehead atoms. The van der Waals surface area contributed by atoms with E-state index in [1.807, 2.05) is 31.2 Å². The zero-order valence-electron chi connectivity index (χ0n) is 10.1. The molecule has 94 valence electrons. The molecule has 0 aliphatic heterocycles. The highest BCUT2D eigenvalue weighted by Gasteiger charge is 2.23. The van der Waals surface area contributed by atoms with Crippen molar-refractivity contribution in [2.24, 2.45) is 0 Å². The summed E-state index contributed by atoms with van der Waals surface area (Å²) in [4.78, 5) is 0. The molecule has 0 unspecified atom stereocenters. The maximum Gasteiger partial charge on any atom is 0.225 e. The monoisotopic (exact) mass is 253 g/mol. The van der Waals surface area contributed by atoms with E-state index in [1.165, 1.54) is 6.42 Å². The van der Waals surface area contributed by atoms with Gasteiger partial charge in [-0.1, -0.05) is 37.0 Å². The van der Waals surface area contributed by atoms with Crippen LogP contribution >= 0.6 is 0 Å². The molecule has 17 heavy (non-hydrogen) atoms. The van der Waals surface area contributed by atoms with Crippen molar-refractivity contribution in [2.75, 3.05) is 4.31 Å². The number of hydrogen-bond acceptors (Lipinski definition) is 2. The van der Waals surface area contributed by atoms with Gasteiger partial charge in [-0.05, 0) is 31.9 Å². The van der Waals surface area contributed by atoms with Gasteiger partial charge in [0.2, 0.25) is 10.9 Å². The van der Waals surface area contributed by atoms with Gasteiger partial charge in [0.15, 0.2) is 0 Å². The van der Waals surface area contributed by atoms with E-state index in [4.69, 9.17) is 0 Å². The predicted octanol–water partition coefficient (Wildman–Crippen LogP) is 2.66. The van der Waals surface area contributed by atoms with Gasteiger partial charge in [0.25, 0.3) is 0 Å². The number of rotatable bonds is 3. The highest BCUT2D eigenvalue weighted by atomic mass is 32.2. The lowest BCUT2D eigenvalue weighted by molar-refractivity contribution is 0.440. The second-order valence-corrected chi connectivity index (χ2v) is 5.62. The van der Waals surface area contributed by atoms with Crippen molar-refractivity contribution in [3.63, 3.8) is 0 Å². The minimum absolute atomic E-state index is 0.160. The summed E-state index contributed by atoms with van der Waals surface area (Å²) in [7, 11) is -2.54. The van der Waals surface area contributed by atoms with Gasteiger partial charge in [-0.2, -0.15) is 0 Å². The molecule has 1 aromatic rings. The average molecular weight is 253 g/mol. The topological polar surface area (TPSA) is 37.4 Å². The molecular formula is C13H19NO2S. The number of aryl methyl sites for hydroxylation is 1. The van der Waals surface area contributed by atoms with Crippen LogP contribution in [0, 0.1) is 6.92 Å². The summed E-state index contributed by atoms with van der Waals surface area (Å²) >= 11 is 0. The molecule has 0 saturated heterocycles. The fourth-order valence-corrected chi connectivity index (χ4v) is 3.28. The predicted molar refractivity (Wildman–Crippen MR) is 70.8 cm³/mol. The van der Waals surface area contributed by atoms with Crippen LogP contribution in [0.2, 0.25) is 0 Å². The first-order chi connectivity index (χ1) is 8.18. The molecule has 0 N–H and O–H groups in total. The van der Waals surface area contributed by atoms with Crippen molar-refractivity contribution in [2.45, 2.75) is 45.1 Å². The zero-order chi connectivity index (χ0) is 12.3. The first kappa shape index (κ1) is 12.4. The molecule has 1 aromatic carbocycles. The van der Waals surface area contributed by atoms with Crippen LogP contribution in [0.3, 0.4) is 0 Å². The molecule has 0 spiro atoms. The van der Waals surface area contributed by atoms with Crippen LogP contribution in [0.5, 0.6) is 0 Å². The minimum atomic E-state index is -2.54. The van der Waals surface area contributed by atoms with E-state index >= 15 is 0 Å². The van der Waals surface area contributed by atoms with E-state index in [-0.39, 0.29) is 6.04 Å². The van der Waals surface area contributed by atoms with Crippen LogP contribution < -0.4 is 4.31 Å². The largest absolute Gasteiger partial charge is 0.269 e. The van der Waals surface area contributed by atoms with Crippen molar-refractivity contribution < 1.29 is 8.42 Å². The van der Waals surface area contributed by atoms with Gasteiger partial charge in [-0.25, -0.2) is 8.42 Å². The van der Waals surface area contributed by atoms with Crippen LogP contribution in [0.1, 0.15) is 37.7 Å². The molecular weight excluding hydrogens is 234 g/mol. The van der Waals surface area contributed by atoms with Gasteiger partial charge in [-0.3, -0.25) is 4.31 Å². The maximum absolute atomic E-state index is 11.4. The molecule has 0 heterocycles. The lowest BCUT2D eigenvalue weighted by Crippen LogP contribution is -2.35. The third-order valence-corrected chi connectivity index (χ3v) is 4.30. The second kappa shape index (κ2) is 5.54. The summed E-state index contributed by atoms with van der Waals surface area (Å²) in [6, 6.07) is 7.88. The first-order valence-electron chi connectivity index (χ1n) is 6.18. The fourth-order valence-electron chi connectivity index (χ4n) is 2.46.